The third-order valence-electron chi connectivity index (χ3n) is 3.11. The Balaban J connectivity index is 2.10. The number of anilines is 1. The lowest BCUT2D eigenvalue weighted by Gasteiger charge is -2.08. The van der Waals surface area contributed by atoms with Gasteiger partial charge in [-0.2, -0.15) is 5.10 Å². The second kappa shape index (κ2) is 5.16. The summed E-state index contributed by atoms with van der Waals surface area (Å²) >= 11 is 0. The molecule has 1 aromatic carbocycles. The van der Waals surface area contributed by atoms with E-state index in [9.17, 15) is 9.59 Å². The second-order valence-electron chi connectivity index (χ2n) is 4.51. The maximum absolute atomic E-state index is 12.4. The van der Waals surface area contributed by atoms with E-state index in [2.05, 4.69) is 15.4 Å². The Morgan fingerprint density at radius 2 is 1.76 bits per heavy atom. The minimum atomic E-state index is -0.368. The first-order valence-electron chi connectivity index (χ1n) is 6.34. The summed E-state index contributed by atoms with van der Waals surface area (Å²) in [5.74, 6) is -0.368. The van der Waals surface area contributed by atoms with Crippen LogP contribution in [0.1, 0.15) is 10.5 Å². The van der Waals surface area contributed by atoms with E-state index in [1.807, 2.05) is 0 Å². The predicted molar refractivity (Wildman–Crippen MR) is 79.2 cm³/mol. The molecule has 0 aliphatic heterocycles. The average Bonchev–Trinajstić information content (AvgIpc) is 2.52. The molecule has 1 amide bonds. The van der Waals surface area contributed by atoms with Crippen LogP contribution in [0.3, 0.4) is 0 Å². The SMILES string of the molecule is Cn1nc(C(=O)Nc2ccncc2)c2ccccc2c1=O. The van der Waals surface area contributed by atoms with Gasteiger partial charge in [-0.05, 0) is 18.2 Å². The van der Waals surface area contributed by atoms with Gasteiger partial charge in [0.25, 0.3) is 11.5 Å². The number of benzene rings is 1. The van der Waals surface area contributed by atoms with E-state index in [0.717, 1.165) is 0 Å². The van der Waals surface area contributed by atoms with Crippen LogP contribution in [0.25, 0.3) is 10.8 Å². The molecule has 21 heavy (non-hydrogen) atoms. The number of carbonyl (C=O) groups is 1. The summed E-state index contributed by atoms with van der Waals surface area (Å²) in [5.41, 5.74) is 0.602. The quantitative estimate of drug-likeness (QED) is 0.773. The van der Waals surface area contributed by atoms with Crippen molar-refractivity contribution in [2.45, 2.75) is 0 Å². The average molecular weight is 280 g/mol. The second-order valence-corrected chi connectivity index (χ2v) is 4.51. The van der Waals surface area contributed by atoms with Gasteiger partial charge in [0.15, 0.2) is 5.69 Å². The van der Waals surface area contributed by atoms with E-state index in [-0.39, 0.29) is 17.2 Å². The zero-order chi connectivity index (χ0) is 14.8. The molecule has 2 heterocycles. The van der Waals surface area contributed by atoms with E-state index in [1.54, 1.807) is 48.8 Å². The van der Waals surface area contributed by atoms with E-state index >= 15 is 0 Å². The predicted octanol–water partition coefficient (Wildman–Crippen LogP) is 1.58. The van der Waals surface area contributed by atoms with Crippen LogP contribution in [0.4, 0.5) is 5.69 Å². The van der Waals surface area contributed by atoms with Gasteiger partial charge in [0.1, 0.15) is 0 Å². The summed E-state index contributed by atoms with van der Waals surface area (Å²) in [4.78, 5) is 28.3. The number of hydrogen-bond acceptors (Lipinski definition) is 4. The number of carbonyl (C=O) groups excluding carboxylic acids is 1. The smallest absolute Gasteiger partial charge is 0.276 e. The third kappa shape index (κ3) is 2.38. The lowest BCUT2D eigenvalue weighted by Crippen LogP contribution is -2.25. The third-order valence-corrected chi connectivity index (χ3v) is 3.11. The summed E-state index contributed by atoms with van der Waals surface area (Å²) in [6, 6.07) is 10.3. The van der Waals surface area contributed by atoms with Gasteiger partial charge in [0, 0.05) is 30.5 Å². The molecule has 0 bridgehead atoms. The summed E-state index contributed by atoms with van der Waals surface area (Å²) in [7, 11) is 1.53. The topological polar surface area (TPSA) is 76.9 Å². The van der Waals surface area contributed by atoms with Gasteiger partial charge >= 0.3 is 0 Å². The number of nitrogens with zero attached hydrogens (tertiary/aromatic N) is 3. The molecule has 0 unspecified atom stereocenters. The van der Waals surface area contributed by atoms with Crippen LogP contribution in [-0.4, -0.2) is 20.7 Å². The van der Waals surface area contributed by atoms with Crippen LogP contribution in [-0.2, 0) is 7.05 Å². The molecule has 3 rings (SSSR count). The van der Waals surface area contributed by atoms with Crippen molar-refractivity contribution in [3.05, 3.63) is 64.8 Å². The summed E-state index contributed by atoms with van der Waals surface area (Å²) in [5, 5.41) is 7.82. The number of fused-ring (bicyclic) bond motifs is 1. The van der Waals surface area contributed by atoms with Gasteiger partial charge in [-0.3, -0.25) is 14.6 Å². The number of pyridine rings is 1. The maximum Gasteiger partial charge on any atom is 0.276 e. The van der Waals surface area contributed by atoms with Crippen molar-refractivity contribution in [2.75, 3.05) is 5.32 Å². The molecule has 2 aromatic heterocycles. The molecule has 0 fully saturated rings. The molecule has 0 radical (unpaired) electrons. The summed E-state index contributed by atoms with van der Waals surface area (Å²) in [6.45, 7) is 0. The van der Waals surface area contributed by atoms with Gasteiger partial charge in [-0.1, -0.05) is 18.2 Å². The number of aromatic nitrogens is 3. The Hall–Kier alpha value is -3.02. The van der Waals surface area contributed by atoms with Crippen LogP contribution in [0.15, 0.2) is 53.6 Å². The van der Waals surface area contributed by atoms with Crippen molar-refractivity contribution in [3.63, 3.8) is 0 Å². The van der Waals surface area contributed by atoms with E-state index in [1.165, 1.54) is 11.7 Å². The highest BCUT2D eigenvalue weighted by atomic mass is 16.2. The van der Waals surface area contributed by atoms with Crippen molar-refractivity contribution < 1.29 is 4.79 Å². The number of amides is 1. The van der Waals surface area contributed by atoms with Crippen molar-refractivity contribution >= 4 is 22.4 Å². The molecule has 0 spiro atoms. The van der Waals surface area contributed by atoms with Crippen LogP contribution in [0, 0.1) is 0 Å². The van der Waals surface area contributed by atoms with E-state index in [4.69, 9.17) is 0 Å². The molecule has 0 aliphatic carbocycles. The lowest BCUT2D eigenvalue weighted by atomic mass is 10.1. The largest absolute Gasteiger partial charge is 0.320 e. The van der Waals surface area contributed by atoms with Gasteiger partial charge < -0.3 is 5.32 Å². The Kier molecular flexibility index (Phi) is 3.19. The Labute approximate surface area is 120 Å². The fraction of sp³-hybridized carbons (Fsp3) is 0.0667. The fourth-order valence-electron chi connectivity index (χ4n) is 2.09. The van der Waals surface area contributed by atoms with Crippen LogP contribution < -0.4 is 10.9 Å². The van der Waals surface area contributed by atoms with Gasteiger partial charge in [-0.15, -0.1) is 0 Å². The monoisotopic (exact) mass is 280 g/mol. The number of nitrogens with one attached hydrogen (secondary N) is 1. The highest BCUT2D eigenvalue weighted by Gasteiger charge is 2.15. The summed E-state index contributed by atoms with van der Waals surface area (Å²) < 4.78 is 1.17. The normalized spacial score (nSPS) is 10.5. The van der Waals surface area contributed by atoms with Gasteiger partial charge in [0.05, 0.1) is 5.39 Å². The summed E-state index contributed by atoms with van der Waals surface area (Å²) in [6.07, 6.45) is 3.17. The molecule has 3 aromatic rings. The zero-order valence-electron chi connectivity index (χ0n) is 11.3. The molecule has 0 saturated carbocycles. The first-order valence-corrected chi connectivity index (χ1v) is 6.34. The van der Waals surface area contributed by atoms with Crippen molar-refractivity contribution in [2.24, 2.45) is 7.05 Å². The standard InChI is InChI=1S/C15H12N4O2/c1-19-15(21)12-5-3-2-4-11(12)13(18-19)14(20)17-10-6-8-16-9-7-10/h2-9H,1H3,(H,16,17,20). The molecule has 1 N–H and O–H groups in total. The van der Waals surface area contributed by atoms with Gasteiger partial charge in [0.2, 0.25) is 0 Å². The molecule has 104 valence electrons. The maximum atomic E-state index is 12.4. The van der Waals surface area contributed by atoms with Crippen molar-refractivity contribution in [1.29, 1.82) is 0 Å². The van der Waals surface area contributed by atoms with Crippen LogP contribution in [0.5, 0.6) is 0 Å². The molecular weight excluding hydrogens is 268 g/mol. The Morgan fingerprint density at radius 1 is 1.10 bits per heavy atom. The van der Waals surface area contributed by atoms with Crippen LogP contribution in [0.2, 0.25) is 0 Å². The number of aryl methyl sites for hydroxylation is 1. The Bertz CT molecular complexity index is 872. The van der Waals surface area contributed by atoms with Crippen molar-refractivity contribution in [3.8, 4) is 0 Å². The van der Waals surface area contributed by atoms with Crippen LogP contribution >= 0.6 is 0 Å². The minimum Gasteiger partial charge on any atom is -0.320 e. The molecule has 6 nitrogen and oxygen atoms in total. The number of hydrogen-bond donors (Lipinski definition) is 1. The first-order chi connectivity index (χ1) is 10.2. The minimum absolute atomic E-state index is 0.213. The van der Waals surface area contributed by atoms with E-state index < -0.39 is 0 Å². The number of rotatable bonds is 2. The van der Waals surface area contributed by atoms with Crippen molar-refractivity contribution in [1.82, 2.24) is 14.8 Å². The molecule has 0 saturated heterocycles. The first kappa shape index (κ1) is 13.0. The highest BCUT2D eigenvalue weighted by Crippen LogP contribution is 2.14. The van der Waals surface area contributed by atoms with Gasteiger partial charge in [-0.25, -0.2) is 4.68 Å². The molecular formula is C15H12N4O2. The fourth-order valence-corrected chi connectivity index (χ4v) is 2.09. The molecule has 0 atom stereocenters. The molecule has 6 heteroatoms. The zero-order valence-corrected chi connectivity index (χ0v) is 11.3. The highest BCUT2D eigenvalue weighted by molar-refractivity contribution is 6.11. The lowest BCUT2D eigenvalue weighted by molar-refractivity contribution is 0.102. The Morgan fingerprint density at radius 3 is 2.48 bits per heavy atom. The molecule has 0 aliphatic rings. The van der Waals surface area contributed by atoms with E-state index in [0.29, 0.717) is 16.5 Å².